The Bertz CT molecular complexity index is 923. The number of halogens is 3. The molecule has 0 saturated carbocycles. The van der Waals surface area contributed by atoms with Crippen molar-refractivity contribution in [3.05, 3.63) is 65.2 Å². The Morgan fingerprint density at radius 2 is 1.62 bits per heavy atom. The largest absolute Gasteiger partial charge is 0.471 e. The van der Waals surface area contributed by atoms with Gasteiger partial charge in [-0.3, -0.25) is 14.4 Å². The molecule has 0 aliphatic rings. The highest BCUT2D eigenvalue weighted by atomic mass is 19.4. The minimum absolute atomic E-state index is 0.149. The lowest BCUT2D eigenvalue weighted by Gasteiger charge is -2.23. The van der Waals surface area contributed by atoms with Crippen LogP contribution in [0.25, 0.3) is 0 Å². The normalized spacial score (nSPS) is 12.4. The lowest BCUT2D eigenvalue weighted by molar-refractivity contribution is -0.175. The van der Waals surface area contributed by atoms with E-state index < -0.39 is 30.0 Å². The van der Waals surface area contributed by atoms with Crippen LogP contribution in [0.5, 0.6) is 0 Å². The van der Waals surface area contributed by atoms with Crippen molar-refractivity contribution in [1.82, 2.24) is 5.32 Å². The van der Waals surface area contributed by atoms with Crippen LogP contribution in [0.3, 0.4) is 0 Å². The predicted molar refractivity (Wildman–Crippen MR) is 103 cm³/mol. The van der Waals surface area contributed by atoms with Crippen LogP contribution in [-0.2, 0) is 9.59 Å². The number of rotatable bonds is 6. The van der Waals surface area contributed by atoms with Crippen LogP contribution in [0.15, 0.2) is 48.5 Å². The number of ketones is 1. The fraction of sp³-hybridized carbons (Fsp3) is 0.286. The Kier molecular flexibility index (Phi) is 6.79. The Labute approximate surface area is 166 Å². The monoisotopic (exact) mass is 406 g/mol. The summed E-state index contributed by atoms with van der Waals surface area (Å²) in [7, 11) is 0. The van der Waals surface area contributed by atoms with Crippen molar-refractivity contribution in [3.63, 3.8) is 0 Å². The summed E-state index contributed by atoms with van der Waals surface area (Å²) in [4.78, 5) is 36.7. The quantitative estimate of drug-likeness (QED) is 0.716. The number of aryl methyl sites for hydroxylation is 1. The van der Waals surface area contributed by atoms with Crippen LogP contribution in [0.2, 0.25) is 0 Å². The van der Waals surface area contributed by atoms with Gasteiger partial charge in [0.15, 0.2) is 5.78 Å². The van der Waals surface area contributed by atoms with E-state index in [0.717, 1.165) is 5.56 Å². The van der Waals surface area contributed by atoms with Crippen molar-refractivity contribution in [1.29, 1.82) is 0 Å². The highest BCUT2D eigenvalue weighted by Gasteiger charge is 2.41. The molecule has 0 bridgehead atoms. The molecule has 2 aromatic rings. The highest BCUT2D eigenvalue weighted by molar-refractivity contribution is 6.14. The van der Waals surface area contributed by atoms with Gasteiger partial charge in [-0.05, 0) is 31.0 Å². The summed E-state index contributed by atoms with van der Waals surface area (Å²) >= 11 is 0. The molecule has 5 nitrogen and oxygen atoms in total. The lowest BCUT2D eigenvalue weighted by Crippen LogP contribution is -2.51. The average molecular weight is 406 g/mol. The summed E-state index contributed by atoms with van der Waals surface area (Å²) in [6.07, 6.45) is -5.10. The summed E-state index contributed by atoms with van der Waals surface area (Å²) in [5.41, 5.74) is 1.64. The fourth-order valence-corrected chi connectivity index (χ4v) is 2.70. The second kappa shape index (κ2) is 8.89. The Hall–Kier alpha value is -3.16. The topological polar surface area (TPSA) is 75.3 Å². The maximum Gasteiger partial charge on any atom is 0.471 e. The van der Waals surface area contributed by atoms with Crippen molar-refractivity contribution in [2.75, 3.05) is 5.32 Å². The molecule has 0 radical (unpaired) electrons. The van der Waals surface area contributed by atoms with Gasteiger partial charge in [-0.15, -0.1) is 0 Å². The molecule has 2 N–H and O–H groups in total. The maximum atomic E-state index is 12.8. The van der Waals surface area contributed by atoms with E-state index in [1.165, 1.54) is 26.0 Å². The second-order valence-corrected chi connectivity index (χ2v) is 6.93. The summed E-state index contributed by atoms with van der Waals surface area (Å²) in [5.74, 6) is -4.00. The molecule has 0 spiro atoms. The van der Waals surface area contributed by atoms with E-state index in [-0.39, 0.29) is 17.0 Å². The third-order valence-electron chi connectivity index (χ3n) is 4.20. The van der Waals surface area contributed by atoms with E-state index in [4.69, 9.17) is 0 Å². The summed E-state index contributed by atoms with van der Waals surface area (Å²) in [5, 5.41) is 4.18. The zero-order valence-electron chi connectivity index (χ0n) is 16.1. The van der Waals surface area contributed by atoms with Gasteiger partial charge in [-0.25, -0.2) is 0 Å². The van der Waals surface area contributed by atoms with E-state index in [0.29, 0.717) is 5.56 Å². The van der Waals surface area contributed by atoms with Crippen molar-refractivity contribution >= 4 is 23.3 Å². The molecular weight excluding hydrogens is 385 g/mol. The van der Waals surface area contributed by atoms with Gasteiger partial charge in [-0.2, -0.15) is 13.2 Å². The van der Waals surface area contributed by atoms with Gasteiger partial charge in [0.1, 0.15) is 6.04 Å². The van der Waals surface area contributed by atoms with Gasteiger partial charge >= 0.3 is 12.1 Å². The number of benzene rings is 2. The summed E-state index contributed by atoms with van der Waals surface area (Å²) < 4.78 is 37.7. The van der Waals surface area contributed by atoms with Crippen LogP contribution >= 0.6 is 0 Å². The number of para-hydroxylation sites is 1. The Morgan fingerprint density at radius 1 is 0.966 bits per heavy atom. The van der Waals surface area contributed by atoms with Gasteiger partial charge in [-0.1, -0.05) is 49.7 Å². The molecule has 0 fully saturated rings. The molecule has 0 saturated heterocycles. The van der Waals surface area contributed by atoms with E-state index >= 15 is 0 Å². The van der Waals surface area contributed by atoms with Gasteiger partial charge in [0, 0.05) is 11.1 Å². The maximum absolute atomic E-state index is 12.8. The summed E-state index contributed by atoms with van der Waals surface area (Å²) in [6, 6.07) is 11.7. The second-order valence-electron chi connectivity index (χ2n) is 6.93. The van der Waals surface area contributed by atoms with Crippen LogP contribution in [0.4, 0.5) is 18.9 Å². The molecule has 2 amide bonds. The number of alkyl halides is 3. The fourth-order valence-electron chi connectivity index (χ4n) is 2.70. The SMILES string of the molecule is Cc1cccc(C(=O)c2ccccc2NC(=O)C(NC(=O)C(F)(F)F)C(C)C)c1. The number of carbonyl (C=O) groups is 3. The van der Waals surface area contributed by atoms with Crippen LogP contribution in [0, 0.1) is 12.8 Å². The van der Waals surface area contributed by atoms with Crippen LogP contribution < -0.4 is 10.6 Å². The van der Waals surface area contributed by atoms with Gasteiger partial charge < -0.3 is 10.6 Å². The molecular formula is C21H21F3N2O3. The van der Waals surface area contributed by atoms with E-state index in [9.17, 15) is 27.6 Å². The first-order valence-electron chi connectivity index (χ1n) is 8.89. The van der Waals surface area contributed by atoms with Crippen molar-refractivity contribution in [2.45, 2.75) is 33.0 Å². The first-order valence-corrected chi connectivity index (χ1v) is 8.89. The third kappa shape index (κ3) is 5.66. The number of amides is 2. The molecule has 8 heteroatoms. The third-order valence-corrected chi connectivity index (χ3v) is 4.20. The standard InChI is InChI=1S/C21H21F3N2O3/c1-12(2)17(26-20(29)21(22,23)24)19(28)25-16-10-5-4-9-15(16)18(27)14-8-6-7-13(3)11-14/h4-12,17H,1-3H3,(H,25,28)(H,26,29). The molecule has 29 heavy (non-hydrogen) atoms. The smallest absolute Gasteiger partial charge is 0.336 e. The molecule has 0 aliphatic heterocycles. The first kappa shape index (κ1) is 22.1. The molecule has 154 valence electrons. The lowest BCUT2D eigenvalue weighted by atomic mass is 9.99. The molecule has 0 aromatic heterocycles. The number of anilines is 1. The Morgan fingerprint density at radius 3 is 2.21 bits per heavy atom. The van der Waals surface area contributed by atoms with Gasteiger partial charge in [0.2, 0.25) is 5.91 Å². The molecule has 1 atom stereocenters. The number of carbonyl (C=O) groups excluding carboxylic acids is 3. The molecule has 2 aromatic carbocycles. The Balaban J connectivity index is 2.28. The minimum Gasteiger partial charge on any atom is -0.336 e. The average Bonchev–Trinajstić information content (AvgIpc) is 2.64. The van der Waals surface area contributed by atoms with Gasteiger partial charge in [0.25, 0.3) is 0 Å². The molecule has 2 rings (SSSR count). The van der Waals surface area contributed by atoms with Crippen LogP contribution in [0.1, 0.15) is 35.3 Å². The highest BCUT2D eigenvalue weighted by Crippen LogP contribution is 2.21. The van der Waals surface area contributed by atoms with Crippen molar-refractivity contribution in [3.8, 4) is 0 Å². The zero-order valence-corrected chi connectivity index (χ0v) is 16.1. The van der Waals surface area contributed by atoms with Crippen molar-refractivity contribution < 1.29 is 27.6 Å². The van der Waals surface area contributed by atoms with E-state index in [1.807, 2.05) is 13.0 Å². The number of hydrogen-bond donors (Lipinski definition) is 2. The molecule has 0 heterocycles. The number of hydrogen-bond acceptors (Lipinski definition) is 3. The van der Waals surface area contributed by atoms with Crippen molar-refractivity contribution in [2.24, 2.45) is 5.92 Å². The van der Waals surface area contributed by atoms with Crippen LogP contribution in [-0.4, -0.2) is 29.8 Å². The predicted octanol–water partition coefficient (Wildman–Crippen LogP) is 3.87. The minimum atomic E-state index is -5.10. The zero-order chi connectivity index (χ0) is 21.8. The first-order chi connectivity index (χ1) is 13.5. The number of nitrogens with one attached hydrogen (secondary N) is 2. The van der Waals surface area contributed by atoms with E-state index in [2.05, 4.69) is 5.32 Å². The molecule has 1 unspecified atom stereocenters. The van der Waals surface area contributed by atoms with Gasteiger partial charge in [0.05, 0.1) is 5.69 Å². The summed E-state index contributed by atoms with van der Waals surface area (Å²) in [6.45, 7) is 4.84. The van der Waals surface area contributed by atoms with E-state index in [1.54, 1.807) is 35.6 Å². The molecule has 0 aliphatic carbocycles.